The molecule has 0 rings (SSSR count). The van der Waals surface area contributed by atoms with Gasteiger partial charge >= 0.3 is 5.97 Å². The third-order valence-corrected chi connectivity index (χ3v) is 7.42. The van der Waals surface area contributed by atoms with Gasteiger partial charge in [-0.1, -0.05) is 142 Å². The van der Waals surface area contributed by atoms with Crippen molar-refractivity contribution in [2.75, 3.05) is 18.1 Å². The minimum Gasteiger partial charge on any atom is -0.466 e. The first kappa shape index (κ1) is 31.8. The van der Waals surface area contributed by atoms with E-state index in [-0.39, 0.29) is 5.97 Å². The molecule has 0 spiro atoms. The number of unbranched alkanes of at least 4 members (excludes halogenated alkanes) is 20. The van der Waals surface area contributed by atoms with E-state index in [1.54, 1.807) is 0 Å². The van der Waals surface area contributed by atoms with Gasteiger partial charge in [-0.05, 0) is 18.6 Å². The van der Waals surface area contributed by atoms with Gasteiger partial charge in [0.25, 0.3) is 0 Å². The van der Waals surface area contributed by atoms with Crippen LogP contribution in [0.4, 0.5) is 0 Å². The Morgan fingerprint density at radius 1 is 0.500 bits per heavy atom. The number of hydrogen-bond donors (Lipinski definition) is 0. The van der Waals surface area contributed by atoms with Crippen LogP contribution in [0, 0.1) is 0 Å². The molecular formula is C29H58O2S. The summed E-state index contributed by atoms with van der Waals surface area (Å²) in [6.45, 7) is 5.18. The lowest BCUT2D eigenvalue weighted by Crippen LogP contribution is -2.07. The van der Waals surface area contributed by atoms with E-state index in [2.05, 4.69) is 13.8 Å². The number of carbonyl (C=O) groups excluding carboxylic acids is 1. The highest BCUT2D eigenvalue weighted by Crippen LogP contribution is 2.14. The Morgan fingerprint density at radius 2 is 0.875 bits per heavy atom. The monoisotopic (exact) mass is 470 g/mol. The summed E-state index contributed by atoms with van der Waals surface area (Å²) in [5.41, 5.74) is 0. The molecule has 0 amide bonds. The zero-order valence-corrected chi connectivity index (χ0v) is 22.9. The van der Waals surface area contributed by atoms with Gasteiger partial charge in [-0.25, -0.2) is 0 Å². The minimum absolute atomic E-state index is 0.00326. The van der Waals surface area contributed by atoms with Crippen LogP contribution < -0.4 is 0 Å². The van der Waals surface area contributed by atoms with Gasteiger partial charge in [0.2, 0.25) is 0 Å². The highest BCUT2D eigenvalue weighted by molar-refractivity contribution is 7.99. The van der Waals surface area contributed by atoms with Crippen LogP contribution in [0.1, 0.15) is 162 Å². The molecule has 0 atom stereocenters. The molecule has 0 aliphatic carbocycles. The number of ether oxygens (including phenoxy) is 1. The van der Waals surface area contributed by atoms with Crippen molar-refractivity contribution < 1.29 is 9.53 Å². The molecule has 0 aromatic rings. The molecule has 0 aromatic carbocycles. The molecular weight excluding hydrogens is 412 g/mol. The molecule has 0 bridgehead atoms. The molecule has 0 saturated heterocycles. The lowest BCUT2D eigenvalue weighted by molar-refractivity contribution is -0.143. The number of hydrogen-bond acceptors (Lipinski definition) is 3. The van der Waals surface area contributed by atoms with E-state index in [9.17, 15) is 4.79 Å². The molecule has 0 fully saturated rings. The van der Waals surface area contributed by atoms with E-state index in [0.29, 0.717) is 13.0 Å². The van der Waals surface area contributed by atoms with E-state index < -0.39 is 0 Å². The summed E-state index contributed by atoms with van der Waals surface area (Å²) in [6.07, 6.45) is 30.6. The Bertz CT molecular complexity index is 359. The van der Waals surface area contributed by atoms with Crippen molar-refractivity contribution in [3.63, 3.8) is 0 Å². The van der Waals surface area contributed by atoms with E-state index >= 15 is 0 Å². The van der Waals surface area contributed by atoms with Crippen LogP contribution >= 0.6 is 11.8 Å². The average molecular weight is 471 g/mol. The highest BCUT2D eigenvalue weighted by atomic mass is 32.2. The van der Waals surface area contributed by atoms with Gasteiger partial charge < -0.3 is 4.74 Å². The lowest BCUT2D eigenvalue weighted by Gasteiger charge is -2.06. The predicted octanol–water partition coefficient (Wildman–Crippen LogP) is 10.3. The van der Waals surface area contributed by atoms with Gasteiger partial charge in [-0.15, -0.1) is 0 Å². The number of esters is 1. The van der Waals surface area contributed by atoms with E-state index in [1.807, 2.05) is 11.8 Å². The zero-order chi connectivity index (χ0) is 23.4. The highest BCUT2D eigenvalue weighted by Gasteiger charge is 2.03. The normalized spacial score (nSPS) is 11.2. The summed E-state index contributed by atoms with van der Waals surface area (Å²) in [5.74, 6) is 2.13. The van der Waals surface area contributed by atoms with E-state index in [1.165, 1.54) is 141 Å². The molecule has 192 valence electrons. The van der Waals surface area contributed by atoms with Gasteiger partial charge in [-0.2, -0.15) is 11.8 Å². The van der Waals surface area contributed by atoms with Gasteiger partial charge in [0, 0.05) is 5.75 Å². The maximum Gasteiger partial charge on any atom is 0.306 e. The van der Waals surface area contributed by atoms with Crippen molar-refractivity contribution in [3.05, 3.63) is 0 Å². The van der Waals surface area contributed by atoms with Crippen molar-refractivity contribution in [1.29, 1.82) is 0 Å². The van der Waals surface area contributed by atoms with Crippen LogP contribution in [0.15, 0.2) is 0 Å². The van der Waals surface area contributed by atoms with Gasteiger partial charge in [0.05, 0.1) is 13.0 Å². The fraction of sp³-hybridized carbons (Fsp3) is 0.966. The number of thioether (sulfide) groups is 1. The molecule has 2 nitrogen and oxygen atoms in total. The molecule has 0 aromatic heterocycles. The molecule has 0 aliphatic heterocycles. The summed E-state index contributed by atoms with van der Waals surface area (Å²) in [7, 11) is 0. The van der Waals surface area contributed by atoms with Crippen LogP contribution in [0.5, 0.6) is 0 Å². The average Bonchev–Trinajstić information content (AvgIpc) is 2.80. The Hall–Kier alpha value is -0.180. The molecule has 0 radical (unpaired) electrons. The second-order valence-electron chi connectivity index (χ2n) is 9.65. The first-order chi connectivity index (χ1) is 15.8. The second-order valence-corrected chi connectivity index (χ2v) is 10.9. The molecule has 0 N–H and O–H groups in total. The predicted molar refractivity (Wildman–Crippen MR) is 146 cm³/mol. The Kier molecular flexibility index (Phi) is 28.7. The largest absolute Gasteiger partial charge is 0.466 e. The van der Waals surface area contributed by atoms with E-state index in [4.69, 9.17) is 4.74 Å². The molecule has 0 aliphatic rings. The van der Waals surface area contributed by atoms with Gasteiger partial charge in [0.1, 0.15) is 0 Å². The molecule has 3 heteroatoms. The van der Waals surface area contributed by atoms with Crippen molar-refractivity contribution >= 4 is 17.7 Å². The summed E-state index contributed by atoms with van der Waals surface area (Å²) in [6, 6.07) is 0. The van der Waals surface area contributed by atoms with Crippen molar-refractivity contribution in [3.8, 4) is 0 Å². The third kappa shape index (κ3) is 27.9. The number of rotatable bonds is 27. The van der Waals surface area contributed by atoms with Crippen LogP contribution in [0.2, 0.25) is 0 Å². The Morgan fingerprint density at radius 3 is 1.31 bits per heavy atom. The first-order valence-electron chi connectivity index (χ1n) is 14.5. The van der Waals surface area contributed by atoms with Crippen LogP contribution in [0.25, 0.3) is 0 Å². The van der Waals surface area contributed by atoms with Crippen molar-refractivity contribution in [2.45, 2.75) is 162 Å². The maximum atomic E-state index is 11.8. The lowest BCUT2D eigenvalue weighted by atomic mass is 10.1. The third-order valence-electron chi connectivity index (χ3n) is 6.35. The molecule has 0 saturated carbocycles. The fourth-order valence-electron chi connectivity index (χ4n) is 4.15. The maximum absolute atomic E-state index is 11.8. The van der Waals surface area contributed by atoms with Gasteiger partial charge in [-0.3, -0.25) is 4.79 Å². The second kappa shape index (κ2) is 28.9. The molecule has 32 heavy (non-hydrogen) atoms. The standard InChI is InChI=1S/C29H58O2S/c1-3-5-7-9-11-13-15-17-19-21-23-26-31-29(30)25-28-32-27-24-22-20-18-16-14-12-10-8-6-4-2/h3-28H2,1-2H3. The Labute approximate surface area is 206 Å². The molecule has 0 heterocycles. The quantitative estimate of drug-likeness (QED) is 0.0882. The summed E-state index contributed by atoms with van der Waals surface area (Å²) < 4.78 is 5.39. The SMILES string of the molecule is CCCCCCCCCCCCCOC(=O)CCSCCCCCCCCCCCCC. The summed E-state index contributed by atoms with van der Waals surface area (Å²) >= 11 is 1.92. The number of carbonyl (C=O) groups is 1. The van der Waals surface area contributed by atoms with Crippen molar-refractivity contribution in [2.24, 2.45) is 0 Å². The van der Waals surface area contributed by atoms with Crippen LogP contribution in [-0.4, -0.2) is 24.1 Å². The summed E-state index contributed by atoms with van der Waals surface area (Å²) in [4.78, 5) is 11.8. The first-order valence-corrected chi connectivity index (χ1v) is 15.7. The van der Waals surface area contributed by atoms with Crippen molar-refractivity contribution in [1.82, 2.24) is 0 Å². The molecule has 0 unspecified atom stereocenters. The topological polar surface area (TPSA) is 26.3 Å². The minimum atomic E-state index is 0.00326. The fourth-order valence-corrected chi connectivity index (χ4v) is 5.07. The van der Waals surface area contributed by atoms with Crippen LogP contribution in [0.3, 0.4) is 0 Å². The van der Waals surface area contributed by atoms with E-state index in [0.717, 1.165) is 12.2 Å². The summed E-state index contributed by atoms with van der Waals surface area (Å²) in [5, 5.41) is 0. The van der Waals surface area contributed by atoms with Crippen LogP contribution in [-0.2, 0) is 9.53 Å². The zero-order valence-electron chi connectivity index (χ0n) is 22.1. The van der Waals surface area contributed by atoms with Gasteiger partial charge in [0.15, 0.2) is 0 Å². The smallest absolute Gasteiger partial charge is 0.306 e. The Balaban J connectivity index is 3.14.